The first-order valence-electron chi connectivity index (χ1n) is 8.94. The molecule has 146 valence electrons. The van der Waals surface area contributed by atoms with Gasteiger partial charge in [-0.3, -0.25) is 9.69 Å². The second-order valence-electron chi connectivity index (χ2n) is 6.74. The third kappa shape index (κ3) is 5.02. The molecule has 0 aliphatic carbocycles. The van der Waals surface area contributed by atoms with Crippen LogP contribution in [0.3, 0.4) is 0 Å². The Morgan fingerprint density at radius 2 is 2.00 bits per heavy atom. The highest BCUT2D eigenvalue weighted by Gasteiger charge is 2.23. The zero-order valence-corrected chi connectivity index (χ0v) is 17.0. The molecule has 6 nitrogen and oxygen atoms in total. The number of aromatic nitrogens is 1. The van der Waals surface area contributed by atoms with Gasteiger partial charge in [0.25, 0.3) is 5.91 Å². The van der Waals surface area contributed by atoms with Crippen molar-refractivity contribution in [2.24, 2.45) is 0 Å². The molecule has 2 heterocycles. The fourth-order valence-electron chi connectivity index (χ4n) is 2.89. The van der Waals surface area contributed by atoms with E-state index in [0.29, 0.717) is 61.0 Å². The fraction of sp³-hybridized carbons (Fsp3) is 0.474. The largest absolute Gasteiger partial charge is 0.447 e. The lowest BCUT2D eigenvalue weighted by molar-refractivity contribution is 0.0299. The molecule has 1 saturated heterocycles. The Labute approximate surface area is 169 Å². The molecule has 1 aromatic carbocycles. The van der Waals surface area contributed by atoms with Crippen LogP contribution in [0.1, 0.15) is 35.8 Å². The minimum Gasteiger partial charge on any atom is -0.447 e. The van der Waals surface area contributed by atoms with E-state index < -0.39 is 0 Å². The van der Waals surface area contributed by atoms with E-state index in [9.17, 15) is 4.79 Å². The van der Waals surface area contributed by atoms with E-state index in [1.54, 1.807) is 11.0 Å². The predicted octanol–water partition coefficient (Wildman–Crippen LogP) is 3.86. The molecule has 3 rings (SSSR count). The molecule has 0 radical (unpaired) electrons. The third-order valence-corrected chi connectivity index (χ3v) is 5.40. The van der Waals surface area contributed by atoms with E-state index in [4.69, 9.17) is 32.4 Å². The van der Waals surface area contributed by atoms with Crippen LogP contribution in [0.15, 0.2) is 28.9 Å². The number of hydrogen-bond acceptors (Lipinski definition) is 5. The minimum absolute atomic E-state index is 0.123. The summed E-state index contributed by atoms with van der Waals surface area (Å²) in [6.07, 6.45) is 1.43. The van der Waals surface area contributed by atoms with Crippen molar-refractivity contribution in [3.8, 4) is 0 Å². The summed E-state index contributed by atoms with van der Waals surface area (Å²) >= 11 is 12.4. The van der Waals surface area contributed by atoms with Gasteiger partial charge in [0.05, 0.1) is 29.8 Å². The smallest absolute Gasteiger partial charge is 0.275 e. The van der Waals surface area contributed by atoms with Gasteiger partial charge < -0.3 is 14.1 Å². The van der Waals surface area contributed by atoms with Crippen molar-refractivity contribution in [1.29, 1.82) is 0 Å². The van der Waals surface area contributed by atoms with Gasteiger partial charge in [-0.1, -0.05) is 35.3 Å². The van der Waals surface area contributed by atoms with E-state index in [1.165, 1.54) is 6.26 Å². The standard InChI is InChI=1S/C19H23Cl2N3O3/c1-13(2)24(10-14-4-3-5-15(20)18(14)21)11-17-22-16(12-27-17)19(25)23-6-8-26-9-7-23/h3-5,12-13H,6-11H2,1-2H3. The van der Waals surface area contributed by atoms with Crippen LogP contribution >= 0.6 is 23.2 Å². The number of nitrogens with zero attached hydrogens (tertiary/aromatic N) is 3. The maximum absolute atomic E-state index is 12.5. The molecule has 0 N–H and O–H groups in total. The van der Waals surface area contributed by atoms with Crippen molar-refractivity contribution in [3.63, 3.8) is 0 Å². The van der Waals surface area contributed by atoms with Gasteiger partial charge in [-0.25, -0.2) is 4.98 Å². The Hall–Kier alpha value is -1.60. The van der Waals surface area contributed by atoms with Gasteiger partial charge in [-0.2, -0.15) is 0 Å². The molecule has 8 heteroatoms. The maximum atomic E-state index is 12.5. The summed E-state index contributed by atoms with van der Waals surface area (Å²) in [6, 6.07) is 5.83. The number of rotatable bonds is 6. The number of benzene rings is 1. The second-order valence-corrected chi connectivity index (χ2v) is 7.53. The summed E-state index contributed by atoms with van der Waals surface area (Å²) in [5.41, 5.74) is 1.27. The van der Waals surface area contributed by atoms with Crippen LogP contribution in [-0.4, -0.2) is 53.0 Å². The zero-order valence-electron chi connectivity index (χ0n) is 15.5. The normalized spacial score (nSPS) is 15.0. The number of amides is 1. The number of ether oxygens (including phenoxy) is 1. The summed E-state index contributed by atoms with van der Waals surface area (Å²) in [5, 5.41) is 1.09. The van der Waals surface area contributed by atoms with Crippen LogP contribution in [0.25, 0.3) is 0 Å². The van der Waals surface area contributed by atoms with Crippen molar-refractivity contribution in [2.45, 2.75) is 33.0 Å². The van der Waals surface area contributed by atoms with Gasteiger partial charge in [0.15, 0.2) is 5.69 Å². The van der Waals surface area contributed by atoms with Gasteiger partial charge in [-0.05, 0) is 25.5 Å². The monoisotopic (exact) mass is 411 g/mol. The van der Waals surface area contributed by atoms with Crippen LogP contribution in [0.4, 0.5) is 0 Å². The van der Waals surface area contributed by atoms with E-state index >= 15 is 0 Å². The highest BCUT2D eigenvalue weighted by Crippen LogP contribution is 2.27. The van der Waals surface area contributed by atoms with Gasteiger partial charge in [-0.15, -0.1) is 0 Å². The summed E-state index contributed by atoms with van der Waals surface area (Å²) in [7, 11) is 0. The number of carbonyl (C=O) groups is 1. The Bertz CT molecular complexity index is 788. The topological polar surface area (TPSA) is 58.8 Å². The predicted molar refractivity (Wildman–Crippen MR) is 104 cm³/mol. The van der Waals surface area contributed by atoms with Crippen molar-refractivity contribution >= 4 is 29.1 Å². The van der Waals surface area contributed by atoms with Crippen LogP contribution in [0.5, 0.6) is 0 Å². The average molecular weight is 412 g/mol. The average Bonchev–Trinajstić information content (AvgIpc) is 3.13. The second kappa shape index (κ2) is 9.06. The first-order chi connectivity index (χ1) is 13.0. The Kier molecular flexibility index (Phi) is 6.76. The molecule has 0 bridgehead atoms. The fourth-order valence-corrected chi connectivity index (χ4v) is 3.27. The van der Waals surface area contributed by atoms with Crippen LogP contribution < -0.4 is 0 Å². The molecule has 1 fully saturated rings. The number of hydrogen-bond donors (Lipinski definition) is 0. The van der Waals surface area contributed by atoms with Crippen molar-refractivity contribution in [3.05, 3.63) is 51.7 Å². The summed E-state index contributed by atoms with van der Waals surface area (Å²) in [6.45, 7) is 7.50. The molecule has 0 saturated carbocycles. The molecule has 1 aromatic heterocycles. The molecule has 1 aliphatic heterocycles. The van der Waals surface area contributed by atoms with E-state index in [2.05, 4.69) is 23.7 Å². The zero-order chi connectivity index (χ0) is 19.4. The van der Waals surface area contributed by atoms with E-state index in [0.717, 1.165) is 5.56 Å². The molecule has 2 aromatic rings. The third-order valence-electron chi connectivity index (χ3n) is 4.54. The summed E-state index contributed by atoms with van der Waals surface area (Å²) in [4.78, 5) is 20.8. The van der Waals surface area contributed by atoms with E-state index in [1.807, 2.05) is 12.1 Å². The molecule has 0 unspecified atom stereocenters. The van der Waals surface area contributed by atoms with Gasteiger partial charge in [0.1, 0.15) is 6.26 Å². The molecule has 27 heavy (non-hydrogen) atoms. The molecule has 0 atom stereocenters. The maximum Gasteiger partial charge on any atom is 0.275 e. The van der Waals surface area contributed by atoms with Crippen LogP contribution in [0, 0.1) is 0 Å². The SMILES string of the molecule is CC(C)N(Cc1nc(C(=O)N2CCOCC2)co1)Cc1cccc(Cl)c1Cl. The molecule has 0 spiro atoms. The highest BCUT2D eigenvalue weighted by molar-refractivity contribution is 6.42. The number of halogens is 2. The number of morpholine rings is 1. The molecule has 1 aliphatic rings. The highest BCUT2D eigenvalue weighted by atomic mass is 35.5. The van der Waals surface area contributed by atoms with Gasteiger partial charge >= 0.3 is 0 Å². The lowest BCUT2D eigenvalue weighted by Gasteiger charge is -2.26. The number of oxazole rings is 1. The first kappa shape index (κ1) is 20.1. The minimum atomic E-state index is -0.123. The van der Waals surface area contributed by atoms with Crippen LogP contribution in [-0.2, 0) is 17.8 Å². The summed E-state index contributed by atoms with van der Waals surface area (Å²) in [5.74, 6) is 0.376. The Morgan fingerprint density at radius 3 is 2.70 bits per heavy atom. The first-order valence-corrected chi connectivity index (χ1v) is 9.69. The lowest BCUT2D eigenvalue weighted by Crippen LogP contribution is -2.40. The summed E-state index contributed by atoms with van der Waals surface area (Å²) < 4.78 is 10.8. The van der Waals surface area contributed by atoms with Crippen molar-refractivity contribution in [1.82, 2.24) is 14.8 Å². The lowest BCUT2D eigenvalue weighted by atomic mass is 10.2. The van der Waals surface area contributed by atoms with Gasteiger partial charge in [0, 0.05) is 25.7 Å². The number of carbonyl (C=O) groups excluding carboxylic acids is 1. The molecular formula is C19H23Cl2N3O3. The molecule has 1 amide bonds. The van der Waals surface area contributed by atoms with Crippen molar-refractivity contribution in [2.75, 3.05) is 26.3 Å². The van der Waals surface area contributed by atoms with Crippen molar-refractivity contribution < 1.29 is 13.9 Å². The van der Waals surface area contributed by atoms with E-state index in [-0.39, 0.29) is 11.9 Å². The molecular weight excluding hydrogens is 389 g/mol. The Balaban J connectivity index is 1.69. The Morgan fingerprint density at radius 1 is 1.26 bits per heavy atom. The van der Waals surface area contributed by atoms with Crippen LogP contribution in [0.2, 0.25) is 10.0 Å². The van der Waals surface area contributed by atoms with Gasteiger partial charge in [0.2, 0.25) is 5.89 Å². The quantitative estimate of drug-likeness (QED) is 0.721.